The normalized spacial score (nSPS) is 26.5. The summed E-state index contributed by atoms with van der Waals surface area (Å²) in [5.41, 5.74) is 5.55. The summed E-state index contributed by atoms with van der Waals surface area (Å²) in [5, 5.41) is 2.86. The van der Waals surface area contributed by atoms with Crippen LogP contribution in [0.15, 0.2) is 103 Å². The van der Waals surface area contributed by atoms with Crippen LogP contribution >= 0.6 is 31.9 Å². The van der Waals surface area contributed by atoms with Gasteiger partial charge < -0.3 is 5.32 Å². The van der Waals surface area contributed by atoms with Gasteiger partial charge in [-0.3, -0.25) is 14.4 Å². The molecule has 3 aliphatic carbocycles. The molecule has 1 saturated heterocycles. The molecule has 8 rings (SSSR count). The van der Waals surface area contributed by atoms with E-state index in [1.165, 1.54) is 4.90 Å². The highest BCUT2D eigenvalue weighted by Crippen LogP contribution is 2.70. The number of para-hydroxylation sites is 1. The van der Waals surface area contributed by atoms with E-state index in [0.717, 1.165) is 22.3 Å². The van der Waals surface area contributed by atoms with E-state index in [9.17, 15) is 14.4 Å². The van der Waals surface area contributed by atoms with Crippen molar-refractivity contribution in [3.8, 4) is 0 Å². The largest absolute Gasteiger partial charge is 0.322 e. The van der Waals surface area contributed by atoms with Crippen LogP contribution in [0.4, 0.5) is 11.4 Å². The molecule has 2 atom stereocenters. The highest BCUT2D eigenvalue weighted by atomic mass is 79.9. The number of hydrogen-bond donors (Lipinski definition) is 1. The minimum atomic E-state index is -0.836. The molecule has 1 N–H and O–H groups in total. The average Bonchev–Trinajstić information content (AvgIpc) is 3.23. The molecule has 7 heteroatoms. The molecule has 38 heavy (non-hydrogen) atoms. The molecule has 1 fully saturated rings. The van der Waals surface area contributed by atoms with Gasteiger partial charge in [-0.15, -0.1) is 0 Å². The van der Waals surface area contributed by atoms with E-state index in [1.54, 1.807) is 24.3 Å². The van der Waals surface area contributed by atoms with Crippen molar-refractivity contribution < 1.29 is 14.4 Å². The Balaban J connectivity index is 1.29. The standard InChI is InChI=1S/C31H20Br2N2O3/c32-30-21-10-4-5-11-22(21)31(33,24-13-7-6-12-23(24)30)26-25(30)28(37)35(29(26)38)20-16-14-18(15-17-20)27(36)34-19-8-2-1-3-9-19/h1-17,25-26H,(H,34,36)/t25-,26-,30?,31?/m0/s1. The van der Waals surface area contributed by atoms with Crippen LogP contribution in [-0.4, -0.2) is 17.7 Å². The second kappa shape index (κ2) is 8.22. The highest BCUT2D eigenvalue weighted by molar-refractivity contribution is 9.10. The molecular formula is C31H20Br2N2O3. The third kappa shape index (κ3) is 2.94. The summed E-state index contributed by atoms with van der Waals surface area (Å²) in [6.45, 7) is 0. The van der Waals surface area contributed by atoms with Crippen LogP contribution in [-0.2, 0) is 18.2 Å². The van der Waals surface area contributed by atoms with Gasteiger partial charge in [0, 0.05) is 11.3 Å². The zero-order valence-electron chi connectivity index (χ0n) is 19.9. The monoisotopic (exact) mass is 626 g/mol. The molecule has 4 aromatic carbocycles. The smallest absolute Gasteiger partial charge is 0.255 e. The first-order chi connectivity index (χ1) is 18.4. The summed E-state index contributed by atoms with van der Waals surface area (Å²) in [6, 6.07) is 31.8. The van der Waals surface area contributed by atoms with E-state index in [2.05, 4.69) is 37.2 Å². The van der Waals surface area contributed by atoms with Gasteiger partial charge in [0.2, 0.25) is 11.8 Å². The fourth-order valence-electron chi connectivity index (χ4n) is 6.41. The van der Waals surface area contributed by atoms with Gasteiger partial charge in [-0.2, -0.15) is 0 Å². The lowest BCUT2D eigenvalue weighted by Crippen LogP contribution is -2.56. The molecule has 1 aliphatic heterocycles. The first-order valence-corrected chi connectivity index (χ1v) is 13.9. The number of carbonyl (C=O) groups excluding carboxylic acids is 3. The van der Waals surface area contributed by atoms with Crippen molar-refractivity contribution in [1.29, 1.82) is 0 Å². The summed E-state index contributed by atoms with van der Waals surface area (Å²) in [4.78, 5) is 42.3. The average molecular weight is 628 g/mol. The van der Waals surface area contributed by atoms with Gasteiger partial charge in [0.25, 0.3) is 5.91 Å². The van der Waals surface area contributed by atoms with Crippen molar-refractivity contribution in [2.24, 2.45) is 11.8 Å². The van der Waals surface area contributed by atoms with Crippen molar-refractivity contribution in [1.82, 2.24) is 0 Å². The molecule has 4 aromatic rings. The topological polar surface area (TPSA) is 66.5 Å². The fraction of sp³-hybridized carbons (Fsp3) is 0.129. The quantitative estimate of drug-likeness (QED) is 0.213. The molecule has 0 unspecified atom stereocenters. The lowest BCUT2D eigenvalue weighted by Gasteiger charge is -2.55. The third-order valence-corrected chi connectivity index (χ3v) is 10.7. The zero-order valence-corrected chi connectivity index (χ0v) is 23.1. The van der Waals surface area contributed by atoms with Crippen LogP contribution in [0, 0.1) is 11.8 Å². The van der Waals surface area contributed by atoms with Crippen molar-refractivity contribution in [2.75, 3.05) is 10.2 Å². The maximum absolute atomic E-state index is 14.1. The molecule has 186 valence electrons. The van der Waals surface area contributed by atoms with Crippen molar-refractivity contribution in [3.63, 3.8) is 0 Å². The summed E-state index contributed by atoms with van der Waals surface area (Å²) in [7, 11) is 0. The summed E-state index contributed by atoms with van der Waals surface area (Å²) >= 11 is 8.04. The molecule has 5 nitrogen and oxygen atoms in total. The molecule has 2 bridgehead atoms. The Morgan fingerprint density at radius 2 is 1.05 bits per heavy atom. The number of nitrogens with zero attached hydrogens (tertiary/aromatic N) is 1. The molecule has 1 heterocycles. The first-order valence-electron chi connectivity index (χ1n) is 12.3. The minimum Gasteiger partial charge on any atom is -0.322 e. The highest BCUT2D eigenvalue weighted by Gasteiger charge is 2.72. The number of rotatable bonds is 3. The zero-order chi connectivity index (χ0) is 26.2. The SMILES string of the molecule is O=C(Nc1ccccc1)c1ccc(N2C(=O)[C@@H]3[C@@H](C2=O)C2(Br)c4ccccc4C3(Br)c3ccccc32)cc1. The second-order valence-corrected chi connectivity index (χ2v) is 12.4. The molecule has 4 aliphatic rings. The van der Waals surface area contributed by atoms with Crippen LogP contribution in [0.1, 0.15) is 32.6 Å². The van der Waals surface area contributed by atoms with Crippen molar-refractivity contribution in [3.05, 3.63) is 131 Å². The predicted octanol–water partition coefficient (Wildman–Crippen LogP) is 6.35. The van der Waals surface area contributed by atoms with E-state index < -0.39 is 20.5 Å². The second-order valence-electron chi connectivity index (χ2n) is 9.85. The van der Waals surface area contributed by atoms with Crippen LogP contribution < -0.4 is 10.2 Å². The Kier molecular flexibility index (Phi) is 5.10. The maximum atomic E-state index is 14.1. The van der Waals surface area contributed by atoms with Gasteiger partial charge in [-0.1, -0.05) is 98.6 Å². The van der Waals surface area contributed by atoms with Crippen LogP contribution in [0.5, 0.6) is 0 Å². The number of alkyl halides is 2. The van der Waals surface area contributed by atoms with Gasteiger partial charge in [-0.05, 0) is 58.7 Å². The number of halogens is 2. The lowest BCUT2D eigenvalue weighted by molar-refractivity contribution is -0.122. The van der Waals surface area contributed by atoms with E-state index >= 15 is 0 Å². The Morgan fingerprint density at radius 3 is 1.50 bits per heavy atom. The lowest BCUT2D eigenvalue weighted by atomic mass is 9.54. The summed E-state index contributed by atoms with van der Waals surface area (Å²) < 4.78 is -1.67. The fourth-order valence-corrected chi connectivity index (χ4v) is 8.71. The maximum Gasteiger partial charge on any atom is 0.255 e. The third-order valence-electron chi connectivity index (χ3n) is 8.00. The number of anilines is 2. The van der Waals surface area contributed by atoms with Crippen molar-refractivity contribution >= 4 is 61.0 Å². The number of hydrogen-bond acceptors (Lipinski definition) is 3. The predicted molar refractivity (Wildman–Crippen MR) is 153 cm³/mol. The molecule has 0 radical (unpaired) electrons. The van der Waals surface area contributed by atoms with E-state index in [1.807, 2.05) is 78.9 Å². The molecule has 3 amide bonds. The Bertz CT molecular complexity index is 1530. The van der Waals surface area contributed by atoms with Crippen molar-refractivity contribution in [2.45, 2.75) is 8.65 Å². The molecule has 0 aromatic heterocycles. The Morgan fingerprint density at radius 1 is 0.632 bits per heavy atom. The van der Waals surface area contributed by atoms with E-state index in [-0.39, 0.29) is 17.7 Å². The van der Waals surface area contributed by atoms with Crippen LogP contribution in [0.25, 0.3) is 0 Å². The molecular weight excluding hydrogens is 608 g/mol. The first kappa shape index (κ1) is 23.6. The van der Waals surface area contributed by atoms with E-state index in [0.29, 0.717) is 16.9 Å². The van der Waals surface area contributed by atoms with Gasteiger partial charge in [0.15, 0.2) is 0 Å². The Hall–Kier alpha value is -3.55. The van der Waals surface area contributed by atoms with Gasteiger partial charge >= 0.3 is 0 Å². The van der Waals surface area contributed by atoms with Crippen LogP contribution in [0.3, 0.4) is 0 Å². The number of nitrogens with one attached hydrogen (secondary N) is 1. The Labute approximate surface area is 236 Å². The molecule has 0 spiro atoms. The number of imide groups is 1. The summed E-state index contributed by atoms with van der Waals surface area (Å²) in [6.07, 6.45) is 0. The van der Waals surface area contributed by atoms with Gasteiger partial charge in [-0.25, -0.2) is 4.90 Å². The number of benzene rings is 4. The van der Waals surface area contributed by atoms with Gasteiger partial charge in [0.1, 0.15) is 0 Å². The minimum absolute atomic E-state index is 0.258. The summed E-state index contributed by atoms with van der Waals surface area (Å²) in [5.74, 6) is -2.06. The van der Waals surface area contributed by atoms with Gasteiger partial charge in [0.05, 0.1) is 26.2 Å². The number of amides is 3. The number of carbonyl (C=O) groups is 3. The van der Waals surface area contributed by atoms with Crippen LogP contribution in [0.2, 0.25) is 0 Å². The van der Waals surface area contributed by atoms with E-state index in [4.69, 9.17) is 0 Å². The molecule has 0 saturated carbocycles.